The van der Waals surface area contributed by atoms with E-state index in [1.807, 2.05) is 0 Å². The maximum atomic E-state index is 5.98. The minimum absolute atomic E-state index is 0.499. The molecule has 0 aliphatic carbocycles. The van der Waals surface area contributed by atoms with Crippen LogP contribution in [0, 0.1) is 0 Å². The molecule has 0 bridgehead atoms. The Morgan fingerprint density at radius 2 is 1.52 bits per heavy atom. The Morgan fingerprint density at radius 3 is 2.22 bits per heavy atom. The number of hydrogen-bond donors (Lipinski definition) is 0. The first-order chi connectivity index (χ1) is 11.3. The van der Waals surface area contributed by atoms with Crippen LogP contribution < -0.4 is 4.74 Å². The first-order valence-corrected chi connectivity index (χ1v) is 8.81. The molecule has 1 unspecified atom stereocenters. The lowest BCUT2D eigenvalue weighted by molar-refractivity contribution is 0.125. The molecule has 1 atom stereocenters. The quantitative estimate of drug-likeness (QED) is 0.777. The van der Waals surface area contributed by atoms with Crippen molar-refractivity contribution < 1.29 is 4.74 Å². The monoisotopic (exact) mass is 309 g/mol. The van der Waals surface area contributed by atoms with Gasteiger partial charge in [0.1, 0.15) is 12.4 Å². The number of ether oxygens (including phenoxy) is 1. The summed E-state index contributed by atoms with van der Waals surface area (Å²) in [6.45, 7) is 5.49. The van der Waals surface area contributed by atoms with Crippen molar-refractivity contribution in [2.24, 2.45) is 0 Å². The number of hydrogen-bond acceptors (Lipinski definition) is 2. The van der Waals surface area contributed by atoms with Crippen LogP contribution in [0.3, 0.4) is 0 Å². The fourth-order valence-corrected chi connectivity index (χ4v) is 3.22. The van der Waals surface area contributed by atoms with Crippen LogP contribution in [0.4, 0.5) is 0 Å². The van der Waals surface area contributed by atoms with Gasteiger partial charge in [0.25, 0.3) is 0 Å². The fraction of sp³-hybridized carbons (Fsp3) is 0.429. The first-order valence-electron chi connectivity index (χ1n) is 8.81. The van der Waals surface area contributed by atoms with Crippen LogP contribution in [0.1, 0.15) is 37.3 Å². The molecular formula is C21H27NO. The molecule has 122 valence electrons. The molecular weight excluding hydrogens is 282 g/mol. The molecule has 0 radical (unpaired) electrons. The number of piperidine rings is 1. The van der Waals surface area contributed by atoms with Gasteiger partial charge in [-0.1, -0.05) is 48.9 Å². The normalized spacial score (nSPS) is 16.9. The van der Waals surface area contributed by atoms with E-state index in [0.29, 0.717) is 6.04 Å². The minimum Gasteiger partial charge on any atom is -0.492 e. The second-order valence-electron chi connectivity index (χ2n) is 6.56. The van der Waals surface area contributed by atoms with Gasteiger partial charge in [-0.15, -0.1) is 0 Å². The van der Waals surface area contributed by atoms with Crippen LogP contribution in [-0.4, -0.2) is 30.6 Å². The van der Waals surface area contributed by atoms with Gasteiger partial charge in [0.15, 0.2) is 0 Å². The Labute approximate surface area is 140 Å². The van der Waals surface area contributed by atoms with Crippen LogP contribution in [0.2, 0.25) is 0 Å². The molecule has 2 aromatic rings. The number of nitrogens with zero attached hydrogens (tertiary/aromatic N) is 1. The van der Waals surface area contributed by atoms with Crippen LogP contribution in [-0.2, 0) is 6.42 Å². The Morgan fingerprint density at radius 1 is 0.870 bits per heavy atom. The molecule has 3 rings (SSSR count). The fourth-order valence-electron chi connectivity index (χ4n) is 3.22. The van der Waals surface area contributed by atoms with Gasteiger partial charge >= 0.3 is 0 Å². The standard InChI is InChI=1S/C21H27NO/c1-18(22-14-6-3-7-15-22)17-23-21-12-10-20(11-13-21)16-19-8-4-2-5-9-19/h2,4-5,8-13,18H,3,6-7,14-17H2,1H3. The molecule has 2 nitrogen and oxygen atoms in total. The molecule has 0 N–H and O–H groups in total. The third-order valence-corrected chi connectivity index (χ3v) is 4.68. The molecule has 1 fully saturated rings. The summed E-state index contributed by atoms with van der Waals surface area (Å²) < 4.78 is 5.98. The molecule has 1 aliphatic heterocycles. The summed E-state index contributed by atoms with van der Waals surface area (Å²) >= 11 is 0. The highest BCUT2D eigenvalue weighted by atomic mass is 16.5. The van der Waals surface area contributed by atoms with E-state index in [-0.39, 0.29) is 0 Å². The molecule has 2 heteroatoms. The average Bonchev–Trinajstić information content (AvgIpc) is 2.62. The predicted octanol–water partition coefficient (Wildman–Crippen LogP) is 4.53. The topological polar surface area (TPSA) is 12.5 Å². The molecule has 0 aromatic heterocycles. The maximum Gasteiger partial charge on any atom is 0.119 e. The third-order valence-electron chi connectivity index (χ3n) is 4.68. The van der Waals surface area contributed by atoms with E-state index in [1.165, 1.54) is 43.5 Å². The minimum atomic E-state index is 0.499. The van der Waals surface area contributed by atoms with Gasteiger partial charge in [0, 0.05) is 6.04 Å². The Hall–Kier alpha value is -1.80. The van der Waals surface area contributed by atoms with Gasteiger partial charge in [0.2, 0.25) is 0 Å². The summed E-state index contributed by atoms with van der Waals surface area (Å²) in [5.74, 6) is 0.977. The highest BCUT2D eigenvalue weighted by Gasteiger charge is 2.16. The van der Waals surface area contributed by atoms with Crippen molar-refractivity contribution in [1.82, 2.24) is 4.90 Å². The van der Waals surface area contributed by atoms with Crippen molar-refractivity contribution in [3.05, 3.63) is 65.7 Å². The number of rotatable bonds is 6. The van der Waals surface area contributed by atoms with E-state index in [0.717, 1.165) is 18.8 Å². The highest BCUT2D eigenvalue weighted by molar-refractivity contribution is 5.31. The van der Waals surface area contributed by atoms with Gasteiger partial charge in [-0.2, -0.15) is 0 Å². The predicted molar refractivity (Wildman–Crippen MR) is 96.1 cm³/mol. The van der Waals surface area contributed by atoms with E-state index in [4.69, 9.17) is 4.74 Å². The summed E-state index contributed by atoms with van der Waals surface area (Å²) in [7, 11) is 0. The Bertz CT molecular complexity index is 573. The van der Waals surface area contributed by atoms with E-state index in [9.17, 15) is 0 Å². The molecule has 1 heterocycles. The molecule has 2 aromatic carbocycles. The Kier molecular flexibility index (Phi) is 5.71. The van der Waals surface area contributed by atoms with Gasteiger partial charge < -0.3 is 4.74 Å². The van der Waals surface area contributed by atoms with Crippen LogP contribution in [0.5, 0.6) is 5.75 Å². The van der Waals surface area contributed by atoms with Crippen molar-refractivity contribution >= 4 is 0 Å². The van der Waals surface area contributed by atoms with E-state index < -0.39 is 0 Å². The number of likely N-dealkylation sites (tertiary alicyclic amines) is 1. The van der Waals surface area contributed by atoms with Crippen molar-refractivity contribution in [1.29, 1.82) is 0 Å². The zero-order valence-corrected chi connectivity index (χ0v) is 14.1. The second kappa shape index (κ2) is 8.16. The van der Waals surface area contributed by atoms with Crippen LogP contribution >= 0.6 is 0 Å². The lowest BCUT2D eigenvalue weighted by Gasteiger charge is -2.32. The molecule has 23 heavy (non-hydrogen) atoms. The molecule has 0 saturated carbocycles. The summed E-state index contributed by atoms with van der Waals surface area (Å²) in [6.07, 6.45) is 5.02. The highest BCUT2D eigenvalue weighted by Crippen LogP contribution is 2.17. The van der Waals surface area contributed by atoms with E-state index in [1.54, 1.807) is 0 Å². The molecule has 0 spiro atoms. The smallest absolute Gasteiger partial charge is 0.119 e. The largest absolute Gasteiger partial charge is 0.492 e. The van der Waals surface area contributed by atoms with Gasteiger partial charge in [-0.25, -0.2) is 0 Å². The van der Waals surface area contributed by atoms with Crippen LogP contribution in [0.25, 0.3) is 0 Å². The van der Waals surface area contributed by atoms with Gasteiger partial charge in [0.05, 0.1) is 0 Å². The van der Waals surface area contributed by atoms with E-state index in [2.05, 4.69) is 66.4 Å². The molecule has 1 aliphatic rings. The van der Waals surface area contributed by atoms with Gasteiger partial charge in [-0.3, -0.25) is 4.90 Å². The second-order valence-corrected chi connectivity index (χ2v) is 6.56. The summed E-state index contributed by atoms with van der Waals surface area (Å²) in [6, 6.07) is 19.6. The number of benzene rings is 2. The van der Waals surface area contributed by atoms with Crippen molar-refractivity contribution in [3.63, 3.8) is 0 Å². The first kappa shape index (κ1) is 16.1. The lowest BCUT2D eigenvalue weighted by atomic mass is 10.1. The van der Waals surface area contributed by atoms with Crippen molar-refractivity contribution in [2.45, 2.75) is 38.6 Å². The van der Waals surface area contributed by atoms with Crippen LogP contribution in [0.15, 0.2) is 54.6 Å². The molecule has 1 saturated heterocycles. The summed E-state index contributed by atoms with van der Waals surface area (Å²) in [5.41, 5.74) is 2.67. The third kappa shape index (κ3) is 4.84. The maximum absolute atomic E-state index is 5.98. The van der Waals surface area contributed by atoms with Crippen molar-refractivity contribution in [3.8, 4) is 5.75 Å². The van der Waals surface area contributed by atoms with Crippen molar-refractivity contribution in [2.75, 3.05) is 19.7 Å². The SMILES string of the molecule is CC(COc1ccc(Cc2ccccc2)cc1)N1CCCCC1. The van der Waals surface area contributed by atoms with Gasteiger partial charge in [-0.05, 0) is 62.5 Å². The summed E-state index contributed by atoms with van der Waals surface area (Å²) in [5, 5.41) is 0. The summed E-state index contributed by atoms with van der Waals surface area (Å²) in [4.78, 5) is 2.55. The molecule has 0 amide bonds. The van der Waals surface area contributed by atoms with E-state index >= 15 is 0 Å². The zero-order chi connectivity index (χ0) is 15.9. The Balaban J connectivity index is 1.49. The lowest BCUT2D eigenvalue weighted by Crippen LogP contribution is -2.40. The average molecular weight is 309 g/mol. The zero-order valence-electron chi connectivity index (χ0n) is 14.1.